The normalized spacial score (nSPS) is 8.62. The Balaban J connectivity index is 3.65. The molecule has 0 aromatic rings. The molecule has 0 saturated heterocycles. The van der Waals surface area contributed by atoms with E-state index in [0.29, 0.717) is 0 Å². The topological polar surface area (TPSA) is 60.4 Å². The van der Waals surface area contributed by atoms with Gasteiger partial charge in [0.1, 0.15) is 0 Å². The first-order valence-corrected chi connectivity index (χ1v) is 2.46. The molecule has 44 valence electrons. The second-order valence-corrected chi connectivity index (χ2v) is 1.34. The van der Waals surface area contributed by atoms with Gasteiger partial charge in [0.2, 0.25) is 5.78 Å². The van der Waals surface area contributed by atoms with Crippen LogP contribution in [0.5, 0.6) is 0 Å². The molecule has 0 aromatic carbocycles. The molecule has 0 rings (SSSR count). The summed E-state index contributed by atoms with van der Waals surface area (Å²) in [6, 6.07) is 0. The number of carbonyl (C=O) groups excluding carboxylic acids is 2. The van der Waals surface area contributed by atoms with Crippen molar-refractivity contribution in [2.24, 2.45) is 0 Å². The molecule has 0 aromatic heterocycles. The van der Waals surface area contributed by atoms with Gasteiger partial charge in [0, 0.05) is 6.92 Å². The molecule has 0 atom stereocenters. The van der Waals surface area contributed by atoms with Crippen LogP contribution >= 0.6 is 8.69 Å². The Bertz CT molecular complexity index is 129. The zero-order chi connectivity index (χ0) is 6.57. The zero-order valence-electron chi connectivity index (χ0n) is 4.08. The van der Waals surface area contributed by atoms with Gasteiger partial charge in [0.25, 0.3) is 0 Å². The maximum atomic E-state index is 9.96. The SMILES string of the molecule is CC(=O)C(=O)OP=O. The summed E-state index contributed by atoms with van der Waals surface area (Å²) in [7, 11) is -0.786. The van der Waals surface area contributed by atoms with E-state index >= 15 is 0 Å². The number of Topliss-reactive ketones (excluding diaryl/α,β-unsaturated/α-hetero) is 1. The molecule has 0 aliphatic heterocycles. The molecule has 0 heterocycles. The molecule has 0 unspecified atom stereocenters. The Labute approximate surface area is 47.1 Å². The van der Waals surface area contributed by atoms with Crippen molar-refractivity contribution < 1.29 is 18.7 Å². The first-order valence-electron chi connectivity index (χ1n) is 1.73. The van der Waals surface area contributed by atoms with Crippen molar-refractivity contribution >= 4 is 20.4 Å². The summed E-state index contributed by atoms with van der Waals surface area (Å²) in [6.45, 7) is 1.04. The Hall–Kier alpha value is -0.760. The van der Waals surface area contributed by atoms with Gasteiger partial charge in [0.05, 0.1) is 0 Å². The highest BCUT2D eigenvalue weighted by molar-refractivity contribution is 7.18. The number of rotatable bonds is 2. The van der Waals surface area contributed by atoms with E-state index in [0.717, 1.165) is 6.92 Å². The fourth-order valence-corrected chi connectivity index (χ4v) is 0.294. The summed E-state index contributed by atoms with van der Waals surface area (Å²) in [5, 5.41) is 0. The van der Waals surface area contributed by atoms with Crippen molar-refractivity contribution in [1.29, 1.82) is 0 Å². The molecule has 0 aliphatic rings. The monoisotopic (exact) mass is 134 g/mol. The molecular formula is C3H3O4P. The summed E-state index contributed by atoms with van der Waals surface area (Å²) in [5.41, 5.74) is 0. The molecular weight excluding hydrogens is 131 g/mol. The van der Waals surface area contributed by atoms with Crippen molar-refractivity contribution in [3.05, 3.63) is 0 Å². The number of carbonyl (C=O) groups is 2. The van der Waals surface area contributed by atoms with Gasteiger partial charge in [-0.15, -0.1) is 0 Å². The average molecular weight is 134 g/mol. The molecule has 0 N–H and O–H groups in total. The molecule has 0 spiro atoms. The molecule has 8 heavy (non-hydrogen) atoms. The fourth-order valence-electron chi connectivity index (χ4n) is 0.0981. The lowest BCUT2D eigenvalue weighted by molar-refractivity contribution is -0.145. The van der Waals surface area contributed by atoms with E-state index < -0.39 is 20.4 Å². The predicted octanol–water partition coefficient (Wildman–Crippen LogP) is 0.325. The summed E-state index contributed by atoms with van der Waals surface area (Å²) in [6.07, 6.45) is 0. The summed E-state index contributed by atoms with van der Waals surface area (Å²) in [4.78, 5) is 19.9. The van der Waals surface area contributed by atoms with Gasteiger partial charge >= 0.3 is 14.7 Å². The molecule has 4 nitrogen and oxygen atoms in total. The van der Waals surface area contributed by atoms with Gasteiger partial charge in [-0.3, -0.25) is 4.79 Å². The minimum Gasteiger partial charge on any atom is -0.367 e. The maximum Gasteiger partial charge on any atom is 0.398 e. The second-order valence-electron chi connectivity index (χ2n) is 1.01. The molecule has 0 amide bonds. The van der Waals surface area contributed by atoms with E-state index in [-0.39, 0.29) is 0 Å². The number of ketones is 1. The van der Waals surface area contributed by atoms with Gasteiger partial charge in [-0.1, -0.05) is 0 Å². The summed E-state index contributed by atoms with van der Waals surface area (Å²) >= 11 is 0. The van der Waals surface area contributed by atoms with Crippen molar-refractivity contribution in [2.75, 3.05) is 0 Å². The molecule has 0 fully saturated rings. The average Bonchev–Trinajstić information content (AvgIpc) is 1.67. The van der Waals surface area contributed by atoms with Gasteiger partial charge in [0.15, 0.2) is 0 Å². The molecule has 0 aliphatic carbocycles. The van der Waals surface area contributed by atoms with E-state index in [4.69, 9.17) is 0 Å². The largest absolute Gasteiger partial charge is 0.398 e. The third kappa shape index (κ3) is 2.42. The van der Waals surface area contributed by atoms with Crippen LogP contribution in [0.3, 0.4) is 0 Å². The van der Waals surface area contributed by atoms with Crippen molar-refractivity contribution in [1.82, 2.24) is 0 Å². The second kappa shape index (κ2) is 3.27. The van der Waals surface area contributed by atoms with Crippen LogP contribution in [0.2, 0.25) is 0 Å². The van der Waals surface area contributed by atoms with Crippen LogP contribution in [-0.4, -0.2) is 11.8 Å². The maximum absolute atomic E-state index is 9.96. The molecule has 0 saturated carbocycles. The quantitative estimate of drug-likeness (QED) is 0.403. The Morgan fingerprint density at radius 2 is 2.00 bits per heavy atom. The van der Waals surface area contributed by atoms with E-state index in [1.165, 1.54) is 0 Å². The van der Waals surface area contributed by atoms with E-state index in [1.54, 1.807) is 0 Å². The van der Waals surface area contributed by atoms with Crippen molar-refractivity contribution in [3.63, 3.8) is 0 Å². The minimum absolute atomic E-state index is 0.756. The van der Waals surface area contributed by atoms with Crippen LogP contribution in [0.15, 0.2) is 0 Å². The molecule has 0 bridgehead atoms. The lowest BCUT2D eigenvalue weighted by Crippen LogP contribution is -2.07. The van der Waals surface area contributed by atoms with Crippen LogP contribution in [0, 0.1) is 0 Å². The fraction of sp³-hybridized carbons (Fsp3) is 0.333. The van der Waals surface area contributed by atoms with Crippen LogP contribution in [0.25, 0.3) is 0 Å². The van der Waals surface area contributed by atoms with Gasteiger partial charge in [-0.2, -0.15) is 0 Å². The number of hydrogen-bond acceptors (Lipinski definition) is 4. The van der Waals surface area contributed by atoms with Crippen LogP contribution in [0.1, 0.15) is 6.92 Å². The first kappa shape index (κ1) is 7.24. The summed E-state index contributed by atoms with van der Waals surface area (Å²) in [5.74, 6) is -1.84. The highest BCUT2D eigenvalue weighted by Crippen LogP contribution is 1.94. The third-order valence-corrected chi connectivity index (χ3v) is 0.648. The van der Waals surface area contributed by atoms with Gasteiger partial charge in [-0.05, 0) is 0 Å². The van der Waals surface area contributed by atoms with Crippen LogP contribution in [-0.2, 0) is 18.7 Å². The first-order chi connectivity index (χ1) is 3.68. The van der Waals surface area contributed by atoms with E-state index in [2.05, 4.69) is 4.52 Å². The van der Waals surface area contributed by atoms with Gasteiger partial charge in [-0.25, -0.2) is 9.36 Å². The van der Waals surface area contributed by atoms with Crippen molar-refractivity contribution in [2.45, 2.75) is 6.92 Å². The Morgan fingerprint density at radius 1 is 1.50 bits per heavy atom. The minimum atomic E-state index is -1.08. The lowest BCUT2D eigenvalue weighted by atomic mass is 10.5. The van der Waals surface area contributed by atoms with Gasteiger partial charge < -0.3 is 4.52 Å². The number of hydrogen-bond donors (Lipinski definition) is 0. The molecule has 0 radical (unpaired) electrons. The van der Waals surface area contributed by atoms with E-state index in [9.17, 15) is 14.2 Å². The highest BCUT2D eigenvalue weighted by atomic mass is 31.1. The highest BCUT2D eigenvalue weighted by Gasteiger charge is 2.07. The third-order valence-electron chi connectivity index (χ3n) is 0.408. The van der Waals surface area contributed by atoms with Crippen LogP contribution in [0.4, 0.5) is 0 Å². The Morgan fingerprint density at radius 3 is 2.12 bits per heavy atom. The van der Waals surface area contributed by atoms with Crippen LogP contribution < -0.4 is 0 Å². The molecule has 5 heteroatoms. The Kier molecular flexibility index (Phi) is 2.96. The summed E-state index contributed by atoms with van der Waals surface area (Å²) < 4.78 is 13.2. The predicted molar refractivity (Wildman–Crippen MR) is 24.4 cm³/mol. The standard InChI is InChI=1S/C3H3O4P/c1-2(4)3(5)7-8-6/h1H3. The lowest BCUT2D eigenvalue weighted by Gasteiger charge is -1.83. The zero-order valence-corrected chi connectivity index (χ0v) is 4.97. The van der Waals surface area contributed by atoms with E-state index in [1.807, 2.05) is 0 Å². The smallest absolute Gasteiger partial charge is 0.367 e. The van der Waals surface area contributed by atoms with Crippen molar-refractivity contribution in [3.8, 4) is 0 Å².